The van der Waals surface area contributed by atoms with E-state index in [1.165, 1.54) is 0 Å². The van der Waals surface area contributed by atoms with Crippen LogP contribution in [0.4, 0.5) is 16.2 Å². The standard InChI is InChI=1S/C10H18FN5/c1-3-5-6-16(4-2)9-8(11)7-13-10(14-9)15-12/h7H,3-6,12H2,1-2H3,(H,13,14,15). The summed E-state index contributed by atoms with van der Waals surface area (Å²) in [5, 5.41) is 0. The van der Waals surface area contributed by atoms with Crippen molar-refractivity contribution < 1.29 is 4.39 Å². The number of unbranched alkanes of at least 4 members (excludes halogenated alkanes) is 1. The van der Waals surface area contributed by atoms with Crippen molar-refractivity contribution >= 4 is 11.8 Å². The lowest BCUT2D eigenvalue weighted by atomic mass is 10.3. The minimum atomic E-state index is -0.419. The smallest absolute Gasteiger partial charge is 0.239 e. The first-order valence-electron chi connectivity index (χ1n) is 5.47. The van der Waals surface area contributed by atoms with Gasteiger partial charge in [0.05, 0.1) is 6.20 Å². The zero-order valence-electron chi connectivity index (χ0n) is 9.70. The van der Waals surface area contributed by atoms with Gasteiger partial charge in [-0.05, 0) is 13.3 Å². The summed E-state index contributed by atoms with van der Waals surface area (Å²) in [6.45, 7) is 5.55. The molecule has 0 spiro atoms. The van der Waals surface area contributed by atoms with Crippen LogP contribution in [0.15, 0.2) is 6.20 Å². The van der Waals surface area contributed by atoms with Crippen molar-refractivity contribution in [2.45, 2.75) is 26.7 Å². The number of nitrogens with two attached hydrogens (primary N) is 1. The van der Waals surface area contributed by atoms with E-state index in [2.05, 4.69) is 22.3 Å². The van der Waals surface area contributed by atoms with E-state index < -0.39 is 5.82 Å². The van der Waals surface area contributed by atoms with Gasteiger partial charge < -0.3 is 4.90 Å². The largest absolute Gasteiger partial charge is 0.354 e. The Morgan fingerprint density at radius 1 is 1.50 bits per heavy atom. The Morgan fingerprint density at radius 3 is 2.81 bits per heavy atom. The average molecular weight is 227 g/mol. The fraction of sp³-hybridized carbons (Fsp3) is 0.600. The van der Waals surface area contributed by atoms with E-state index in [9.17, 15) is 4.39 Å². The van der Waals surface area contributed by atoms with E-state index in [0.29, 0.717) is 12.4 Å². The van der Waals surface area contributed by atoms with Crippen LogP contribution >= 0.6 is 0 Å². The Morgan fingerprint density at radius 2 is 2.25 bits per heavy atom. The maximum absolute atomic E-state index is 13.5. The summed E-state index contributed by atoms with van der Waals surface area (Å²) in [5.74, 6) is 5.31. The molecule has 1 rings (SSSR count). The second-order valence-electron chi connectivity index (χ2n) is 3.44. The van der Waals surface area contributed by atoms with Crippen LogP contribution in [0.5, 0.6) is 0 Å². The Bertz CT molecular complexity index is 331. The number of hydrazine groups is 1. The van der Waals surface area contributed by atoms with Crippen LogP contribution in [-0.2, 0) is 0 Å². The molecule has 1 aromatic heterocycles. The van der Waals surface area contributed by atoms with Crippen molar-refractivity contribution in [3.8, 4) is 0 Å². The van der Waals surface area contributed by atoms with Crippen LogP contribution in [0.1, 0.15) is 26.7 Å². The van der Waals surface area contributed by atoms with Crippen LogP contribution in [0.2, 0.25) is 0 Å². The average Bonchev–Trinajstić information content (AvgIpc) is 2.32. The molecular formula is C10H18FN5. The molecule has 1 aromatic rings. The van der Waals surface area contributed by atoms with Crippen molar-refractivity contribution in [1.82, 2.24) is 9.97 Å². The normalized spacial score (nSPS) is 10.2. The first-order chi connectivity index (χ1) is 7.72. The van der Waals surface area contributed by atoms with Crippen molar-refractivity contribution in [3.63, 3.8) is 0 Å². The van der Waals surface area contributed by atoms with E-state index in [4.69, 9.17) is 5.84 Å². The minimum Gasteiger partial charge on any atom is -0.354 e. The summed E-state index contributed by atoms with van der Waals surface area (Å²) >= 11 is 0. The quantitative estimate of drug-likeness (QED) is 0.570. The molecule has 0 saturated heterocycles. The molecule has 0 aliphatic heterocycles. The fourth-order valence-electron chi connectivity index (χ4n) is 1.41. The number of rotatable bonds is 6. The molecule has 0 radical (unpaired) electrons. The Hall–Kier alpha value is -1.43. The highest BCUT2D eigenvalue weighted by Gasteiger charge is 2.12. The first-order valence-corrected chi connectivity index (χ1v) is 5.47. The topological polar surface area (TPSA) is 67.1 Å². The van der Waals surface area contributed by atoms with Gasteiger partial charge in [-0.15, -0.1) is 0 Å². The van der Waals surface area contributed by atoms with Gasteiger partial charge in [0, 0.05) is 13.1 Å². The lowest BCUT2D eigenvalue weighted by Gasteiger charge is -2.22. The number of nitrogen functional groups attached to an aromatic ring is 1. The van der Waals surface area contributed by atoms with E-state index in [1.54, 1.807) is 0 Å². The number of anilines is 2. The SMILES string of the molecule is CCCCN(CC)c1nc(NN)ncc1F. The predicted molar refractivity (Wildman–Crippen MR) is 62.6 cm³/mol. The fourth-order valence-corrected chi connectivity index (χ4v) is 1.41. The van der Waals surface area contributed by atoms with Gasteiger partial charge in [-0.2, -0.15) is 4.98 Å². The molecule has 0 fully saturated rings. The summed E-state index contributed by atoms with van der Waals surface area (Å²) in [6, 6.07) is 0. The van der Waals surface area contributed by atoms with Crippen molar-refractivity contribution in [3.05, 3.63) is 12.0 Å². The zero-order valence-corrected chi connectivity index (χ0v) is 9.70. The predicted octanol–water partition coefficient (Wildman–Crippen LogP) is 1.53. The third kappa shape index (κ3) is 3.03. The van der Waals surface area contributed by atoms with Gasteiger partial charge in [0.1, 0.15) is 0 Å². The molecule has 0 saturated carbocycles. The first kappa shape index (κ1) is 12.6. The van der Waals surface area contributed by atoms with Gasteiger partial charge in [0.2, 0.25) is 5.95 Å². The monoisotopic (exact) mass is 227 g/mol. The Labute approximate surface area is 94.8 Å². The van der Waals surface area contributed by atoms with E-state index in [1.807, 2.05) is 11.8 Å². The molecule has 5 nitrogen and oxygen atoms in total. The van der Waals surface area contributed by atoms with Gasteiger partial charge in [-0.25, -0.2) is 15.2 Å². The molecule has 0 aliphatic carbocycles. The third-order valence-electron chi connectivity index (χ3n) is 2.32. The maximum atomic E-state index is 13.5. The molecular weight excluding hydrogens is 209 g/mol. The lowest BCUT2D eigenvalue weighted by Crippen LogP contribution is -2.26. The summed E-state index contributed by atoms with van der Waals surface area (Å²) in [5.41, 5.74) is 2.31. The second-order valence-corrected chi connectivity index (χ2v) is 3.44. The highest BCUT2D eigenvalue weighted by atomic mass is 19.1. The number of nitrogens with zero attached hydrogens (tertiary/aromatic N) is 3. The Kier molecular flexibility index (Phi) is 4.91. The molecule has 0 atom stereocenters. The highest BCUT2D eigenvalue weighted by Crippen LogP contribution is 2.17. The summed E-state index contributed by atoms with van der Waals surface area (Å²) in [4.78, 5) is 9.60. The summed E-state index contributed by atoms with van der Waals surface area (Å²) in [7, 11) is 0. The van der Waals surface area contributed by atoms with Gasteiger partial charge >= 0.3 is 0 Å². The highest BCUT2D eigenvalue weighted by molar-refractivity contribution is 5.43. The molecule has 1 heterocycles. The van der Waals surface area contributed by atoms with Crippen LogP contribution in [0, 0.1) is 5.82 Å². The molecule has 16 heavy (non-hydrogen) atoms. The Balaban J connectivity index is 2.89. The van der Waals surface area contributed by atoms with Gasteiger partial charge in [0.25, 0.3) is 0 Å². The number of hydrogen-bond acceptors (Lipinski definition) is 5. The van der Waals surface area contributed by atoms with Crippen molar-refractivity contribution in [2.75, 3.05) is 23.4 Å². The summed E-state index contributed by atoms with van der Waals surface area (Å²) < 4.78 is 13.5. The lowest BCUT2D eigenvalue weighted by molar-refractivity contribution is 0.599. The molecule has 3 N–H and O–H groups in total. The van der Waals surface area contributed by atoms with Crippen molar-refractivity contribution in [1.29, 1.82) is 0 Å². The molecule has 6 heteroatoms. The third-order valence-corrected chi connectivity index (χ3v) is 2.32. The second kappa shape index (κ2) is 6.22. The van der Waals surface area contributed by atoms with E-state index in [-0.39, 0.29) is 5.95 Å². The van der Waals surface area contributed by atoms with E-state index >= 15 is 0 Å². The van der Waals surface area contributed by atoms with Gasteiger partial charge in [0.15, 0.2) is 11.6 Å². The number of aromatic nitrogens is 2. The molecule has 0 aromatic carbocycles. The van der Waals surface area contributed by atoms with E-state index in [0.717, 1.165) is 25.6 Å². The molecule has 0 unspecified atom stereocenters. The van der Waals surface area contributed by atoms with Crippen LogP contribution < -0.4 is 16.2 Å². The van der Waals surface area contributed by atoms with Gasteiger partial charge in [-0.1, -0.05) is 13.3 Å². The van der Waals surface area contributed by atoms with Crippen LogP contribution in [0.25, 0.3) is 0 Å². The molecule has 90 valence electrons. The minimum absolute atomic E-state index is 0.228. The number of hydrogen-bond donors (Lipinski definition) is 2. The van der Waals surface area contributed by atoms with Crippen LogP contribution in [-0.4, -0.2) is 23.1 Å². The number of halogens is 1. The molecule has 0 bridgehead atoms. The van der Waals surface area contributed by atoms with Crippen molar-refractivity contribution in [2.24, 2.45) is 5.84 Å². The maximum Gasteiger partial charge on any atom is 0.239 e. The van der Waals surface area contributed by atoms with Gasteiger partial charge in [-0.3, -0.25) is 5.43 Å². The number of nitrogens with one attached hydrogen (secondary N) is 1. The molecule has 0 aliphatic rings. The van der Waals surface area contributed by atoms with Crippen LogP contribution in [0.3, 0.4) is 0 Å². The molecule has 0 amide bonds. The zero-order chi connectivity index (χ0) is 12.0. The summed E-state index contributed by atoms with van der Waals surface area (Å²) in [6.07, 6.45) is 3.19.